The quantitative estimate of drug-likeness (QED) is 0.450. The third-order valence-electron chi connectivity index (χ3n) is 3.56. The Morgan fingerprint density at radius 2 is 1.69 bits per heavy atom. The minimum atomic E-state index is -4.31. The zero-order chi connectivity index (χ0) is 19.1. The Morgan fingerprint density at radius 1 is 1.00 bits per heavy atom. The number of hydrogen-bond acceptors (Lipinski definition) is 4. The highest BCUT2D eigenvalue weighted by Gasteiger charge is 2.22. The van der Waals surface area contributed by atoms with Gasteiger partial charge in [-0.2, -0.15) is 0 Å². The lowest BCUT2D eigenvalue weighted by Gasteiger charge is -2.09. The van der Waals surface area contributed by atoms with E-state index in [0.717, 1.165) is 6.20 Å². The minimum Gasteiger partial charge on any atom is -0.360 e. The first kappa shape index (κ1) is 18.3. The average Bonchev–Trinajstić information content (AvgIpc) is 2.96. The number of fused-ring (bicyclic) bond motifs is 1. The number of anilines is 1. The summed E-state index contributed by atoms with van der Waals surface area (Å²) >= 11 is 0. The predicted octanol–water partition coefficient (Wildman–Crippen LogP) is 2.50. The summed E-state index contributed by atoms with van der Waals surface area (Å²) < 4.78 is 88.3. The van der Waals surface area contributed by atoms with Gasteiger partial charge in [-0.15, -0.1) is 0 Å². The van der Waals surface area contributed by atoms with Crippen LogP contribution in [-0.2, 0) is 26.5 Å². The van der Waals surface area contributed by atoms with Crippen molar-refractivity contribution in [2.45, 2.75) is 10.6 Å². The van der Waals surface area contributed by atoms with Crippen molar-refractivity contribution in [1.82, 2.24) is 4.98 Å². The number of aromatic amines is 1. The first-order chi connectivity index (χ1) is 12.2. The molecular formula is C15H11F3N2O4S2. The molecule has 0 amide bonds. The van der Waals surface area contributed by atoms with E-state index in [2.05, 4.69) is 4.98 Å². The van der Waals surface area contributed by atoms with Gasteiger partial charge in [-0.05, 0) is 11.6 Å². The molecular weight excluding hydrogens is 393 g/mol. The highest BCUT2D eigenvalue weighted by Crippen LogP contribution is 2.27. The molecule has 1 aromatic heterocycles. The fourth-order valence-electron chi connectivity index (χ4n) is 2.42. The molecule has 11 heteroatoms. The zero-order valence-electron chi connectivity index (χ0n) is 12.8. The van der Waals surface area contributed by atoms with E-state index >= 15 is 0 Å². The number of thiol groups is 1. The summed E-state index contributed by atoms with van der Waals surface area (Å²) in [6.07, 6.45) is 1.13. The van der Waals surface area contributed by atoms with Crippen molar-refractivity contribution in [2.24, 2.45) is 0 Å². The molecule has 2 N–H and O–H groups in total. The van der Waals surface area contributed by atoms with Crippen molar-refractivity contribution in [3.63, 3.8) is 0 Å². The van der Waals surface area contributed by atoms with Gasteiger partial charge in [-0.3, -0.25) is 4.72 Å². The van der Waals surface area contributed by atoms with Crippen LogP contribution in [0.3, 0.4) is 0 Å². The fraction of sp³-hybridized carbons (Fsp3) is 0.0667. The second kappa shape index (κ2) is 6.65. The van der Waals surface area contributed by atoms with E-state index in [-0.39, 0.29) is 22.1 Å². The van der Waals surface area contributed by atoms with Gasteiger partial charge >= 0.3 is 0 Å². The van der Waals surface area contributed by atoms with Crippen molar-refractivity contribution < 1.29 is 30.0 Å². The number of nitrogens with one attached hydrogen (secondary N) is 2. The van der Waals surface area contributed by atoms with Crippen molar-refractivity contribution in [1.29, 1.82) is 0 Å². The minimum absolute atomic E-state index is 0.204. The van der Waals surface area contributed by atoms with Gasteiger partial charge in [0.05, 0.1) is 11.4 Å². The van der Waals surface area contributed by atoms with E-state index in [1.807, 2.05) is 4.72 Å². The summed E-state index contributed by atoms with van der Waals surface area (Å²) in [5.74, 6) is -4.32. The zero-order valence-corrected chi connectivity index (χ0v) is 14.5. The molecule has 0 fully saturated rings. The number of sulfonamides is 1. The Morgan fingerprint density at radius 3 is 2.38 bits per heavy atom. The molecule has 0 aliphatic heterocycles. The summed E-state index contributed by atoms with van der Waals surface area (Å²) in [4.78, 5) is 2.43. The predicted molar refractivity (Wildman–Crippen MR) is 89.4 cm³/mol. The second-order valence-electron chi connectivity index (χ2n) is 5.38. The lowest BCUT2D eigenvalue weighted by atomic mass is 10.2. The summed E-state index contributed by atoms with van der Waals surface area (Å²) in [5, 5.41) is 0.227. The van der Waals surface area contributed by atoms with Gasteiger partial charge in [0.15, 0.2) is 11.6 Å². The molecule has 0 saturated carbocycles. The summed E-state index contributed by atoms with van der Waals surface area (Å²) in [5.41, 5.74) is 0.0720. The van der Waals surface area contributed by atoms with Crippen LogP contribution in [0.15, 0.2) is 41.4 Å². The summed E-state index contributed by atoms with van der Waals surface area (Å²) in [6.45, 7) is 0. The fourth-order valence-corrected chi connectivity index (χ4v) is 4.15. The SMILES string of the molecule is O=[SH](=O)Cc1ccc2c(S(=O)(=O)Nc3cc(F)c(F)cc3F)c[nH]c2c1. The normalized spacial score (nSPS) is 12.0. The molecule has 2 aromatic carbocycles. The van der Waals surface area contributed by atoms with Gasteiger partial charge in [-0.25, -0.2) is 30.0 Å². The largest absolute Gasteiger partial charge is 0.360 e. The van der Waals surface area contributed by atoms with Crippen molar-refractivity contribution in [3.8, 4) is 0 Å². The van der Waals surface area contributed by atoms with Crippen LogP contribution >= 0.6 is 0 Å². The molecule has 0 radical (unpaired) electrons. The summed E-state index contributed by atoms with van der Waals surface area (Å²) in [7, 11) is -6.96. The lowest BCUT2D eigenvalue weighted by Crippen LogP contribution is -2.14. The number of rotatable bonds is 5. The summed E-state index contributed by atoms with van der Waals surface area (Å²) in [6, 6.07) is 4.95. The van der Waals surface area contributed by atoms with Gasteiger partial charge in [0.1, 0.15) is 21.4 Å². The molecule has 1 heterocycles. The Bertz CT molecular complexity index is 1180. The number of hydrogen-bond donors (Lipinski definition) is 3. The molecule has 0 spiro atoms. The van der Waals surface area contributed by atoms with Crippen molar-refractivity contribution in [2.75, 3.05) is 4.72 Å². The van der Waals surface area contributed by atoms with Gasteiger partial charge in [-0.1, -0.05) is 12.1 Å². The molecule has 0 aliphatic carbocycles. The molecule has 0 bridgehead atoms. The Balaban J connectivity index is 2.01. The molecule has 0 aliphatic rings. The number of benzene rings is 2. The van der Waals surface area contributed by atoms with Crippen molar-refractivity contribution in [3.05, 3.63) is 59.5 Å². The Kier molecular flexibility index (Phi) is 4.67. The maximum Gasteiger partial charge on any atom is 0.264 e. The number of halogens is 3. The van der Waals surface area contributed by atoms with Crippen molar-refractivity contribution >= 4 is 37.3 Å². The first-order valence-corrected chi connectivity index (χ1v) is 9.91. The van der Waals surface area contributed by atoms with Gasteiger partial charge < -0.3 is 4.98 Å². The molecule has 138 valence electrons. The van der Waals surface area contributed by atoms with Crippen LogP contribution in [0.2, 0.25) is 0 Å². The standard InChI is InChI=1S/C15H11F3N2O4S2/c16-10-4-12(18)14(5-11(10)17)20-26(23,24)15-6-19-13-3-8(7-25(21)22)1-2-9(13)15/h1-6,19-20,25H,7H2. The topological polar surface area (TPSA) is 96.1 Å². The van der Waals surface area contributed by atoms with Crippen LogP contribution in [0, 0.1) is 17.5 Å². The van der Waals surface area contributed by atoms with Crippen LogP contribution in [-0.4, -0.2) is 21.8 Å². The maximum absolute atomic E-state index is 13.7. The highest BCUT2D eigenvalue weighted by atomic mass is 32.2. The van der Waals surface area contributed by atoms with E-state index in [1.165, 1.54) is 18.2 Å². The smallest absolute Gasteiger partial charge is 0.264 e. The van der Waals surface area contributed by atoms with E-state index in [9.17, 15) is 30.0 Å². The van der Waals surface area contributed by atoms with Gasteiger partial charge in [0.25, 0.3) is 10.0 Å². The van der Waals surface area contributed by atoms with E-state index in [0.29, 0.717) is 17.1 Å². The third kappa shape index (κ3) is 3.53. The second-order valence-corrected chi connectivity index (χ2v) is 8.01. The van der Waals surface area contributed by atoms with Crippen LogP contribution in [0.4, 0.5) is 18.9 Å². The number of H-pyrrole nitrogens is 1. The Labute approximate surface area is 147 Å². The van der Waals surface area contributed by atoms with E-state index in [1.54, 1.807) is 0 Å². The highest BCUT2D eigenvalue weighted by molar-refractivity contribution is 7.93. The number of aromatic nitrogens is 1. The monoisotopic (exact) mass is 404 g/mol. The van der Waals surface area contributed by atoms with Gasteiger partial charge in [0, 0.05) is 29.2 Å². The molecule has 3 rings (SSSR count). The van der Waals surface area contributed by atoms with Crippen LogP contribution in [0.25, 0.3) is 10.9 Å². The third-order valence-corrected chi connectivity index (χ3v) is 5.59. The average molecular weight is 404 g/mol. The molecule has 0 saturated heterocycles. The maximum atomic E-state index is 13.7. The van der Waals surface area contributed by atoms with E-state index in [4.69, 9.17) is 0 Å². The van der Waals surface area contributed by atoms with E-state index < -0.39 is 43.9 Å². The lowest BCUT2D eigenvalue weighted by molar-refractivity contribution is 0.496. The molecule has 26 heavy (non-hydrogen) atoms. The molecule has 3 aromatic rings. The Hall–Kier alpha value is -2.53. The molecule has 0 unspecified atom stereocenters. The van der Waals surface area contributed by atoms with Gasteiger partial charge in [0.2, 0.25) is 0 Å². The molecule has 6 nitrogen and oxygen atoms in total. The van der Waals surface area contributed by atoms with Crippen LogP contribution < -0.4 is 4.72 Å². The van der Waals surface area contributed by atoms with Crippen LogP contribution in [0.1, 0.15) is 5.56 Å². The van der Waals surface area contributed by atoms with Crippen LogP contribution in [0.5, 0.6) is 0 Å². The molecule has 0 atom stereocenters. The first-order valence-electron chi connectivity index (χ1n) is 7.06.